The third-order valence-corrected chi connectivity index (χ3v) is 4.45. The number of hydrogen-bond donors (Lipinski definition) is 1. The minimum absolute atomic E-state index is 0.365. The Morgan fingerprint density at radius 3 is 2.52 bits per heavy atom. The monoisotopic (exact) mass is 327 g/mol. The van der Waals surface area contributed by atoms with E-state index in [-0.39, 0.29) is 0 Å². The molecule has 2 atom stereocenters. The van der Waals surface area contributed by atoms with Crippen LogP contribution in [-0.4, -0.2) is 6.04 Å². The van der Waals surface area contributed by atoms with Gasteiger partial charge in [0, 0.05) is 17.6 Å². The summed E-state index contributed by atoms with van der Waals surface area (Å²) in [5, 5.41) is 3.59. The SMILES string of the molecule is C=C/C=C\C=C\c1ccc(NC2C=CC(C3C=CC=CC3)=CC2)cc1. The van der Waals surface area contributed by atoms with Gasteiger partial charge in [0.1, 0.15) is 0 Å². The molecule has 0 aliphatic heterocycles. The molecular formula is C24H25N. The third kappa shape index (κ3) is 5.09. The van der Waals surface area contributed by atoms with Gasteiger partial charge in [-0.3, -0.25) is 0 Å². The Labute approximate surface area is 151 Å². The molecule has 0 aromatic heterocycles. The van der Waals surface area contributed by atoms with Gasteiger partial charge in [0.25, 0.3) is 0 Å². The molecule has 3 rings (SSSR count). The lowest BCUT2D eigenvalue weighted by atomic mass is 9.88. The lowest BCUT2D eigenvalue weighted by Gasteiger charge is -2.22. The largest absolute Gasteiger partial charge is 0.379 e. The van der Waals surface area contributed by atoms with Crippen LogP contribution in [0.25, 0.3) is 6.08 Å². The highest BCUT2D eigenvalue weighted by Gasteiger charge is 2.14. The molecule has 0 saturated heterocycles. The zero-order valence-corrected chi connectivity index (χ0v) is 14.5. The van der Waals surface area contributed by atoms with E-state index >= 15 is 0 Å². The molecule has 1 aromatic carbocycles. The number of hydrogen-bond acceptors (Lipinski definition) is 1. The number of anilines is 1. The van der Waals surface area contributed by atoms with E-state index in [9.17, 15) is 0 Å². The second-order valence-corrected chi connectivity index (χ2v) is 6.31. The van der Waals surface area contributed by atoms with Gasteiger partial charge >= 0.3 is 0 Å². The fraction of sp³-hybridized carbons (Fsp3) is 0.167. The lowest BCUT2D eigenvalue weighted by molar-refractivity contribution is 0.757. The first kappa shape index (κ1) is 17.0. The molecule has 25 heavy (non-hydrogen) atoms. The van der Waals surface area contributed by atoms with Gasteiger partial charge in [-0.25, -0.2) is 0 Å². The van der Waals surface area contributed by atoms with Crippen LogP contribution >= 0.6 is 0 Å². The van der Waals surface area contributed by atoms with Crippen molar-refractivity contribution in [3.8, 4) is 0 Å². The van der Waals surface area contributed by atoms with Crippen LogP contribution in [-0.2, 0) is 0 Å². The highest BCUT2D eigenvalue weighted by Crippen LogP contribution is 2.26. The maximum atomic E-state index is 3.66. The summed E-state index contributed by atoms with van der Waals surface area (Å²) in [5.74, 6) is 0.545. The van der Waals surface area contributed by atoms with Crippen LogP contribution in [0.3, 0.4) is 0 Å². The topological polar surface area (TPSA) is 12.0 Å². The quantitative estimate of drug-likeness (QED) is 0.610. The molecular weight excluding hydrogens is 302 g/mol. The summed E-state index contributed by atoms with van der Waals surface area (Å²) in [7, 11) is 0. The zero-order valence-electron chi connectivity index (χ0n) is 14.5. The Hall–Kier alpha value is -2.80. The van der Waals surface area contributed by atoms with Gasteiger partial charge in [0.2, 0.25) is 0 Å². The standard InChI is InChI=1S/C24H25N/c1-2-3-4-6-9-20-12-16-23(17-13-20)25-24-18-14-22(15-19-24)21-10-7-5-8-11-21/h2-10,12-18,21,24-25H,1,11,19H2/b4-3-,9-6+. The predicted molar refractivity (Wildman–Crippen MR) is 110 cm³/mol. The summed E-state index contributed by atoms with van der Waals surface area (Å²) < 4.78 is 0. The zero-order chi connectivity index (χ0) is 17.3. The highest BCUT2D eigenvalue weighted by molar-refractivity contribution is 5.56. The molecule has 0 saturated carbocycles. The summed E-state index contributed by atoms with van der Waals surface area (Å²) in [5.41, 5.74) is 3.79. The number of nitrogens with one attached hydrogen (secondary N) is 1. The fourth-order valence-corrected chi connectivity index (χ4v) is 3.06. The van der Waals surface area contributed by atoms with E-state index in [0.717, 1.165) is 18.5 Å². The Morgan fingerprint density at radius 1 is 0.960 bits per heavy atom. The molecule has 0 heterocycles. The molecule has 2 unspecified atom stereocenters. The van der Waals surface area contributed by atoms with E-state index in [1.54, 1.807) is 6.08 Å². The Morgan fingerprint density at radius 2 is 1.84 bits per heavy atom. The van der Waals surface area contributed by atoms with E-state index < -0.39 is 0 Å². The molecule has 0 spiro atoms. The van der Waals surface area contributed by atoms with Crippen LogP contribution < -0.4 is 5.32 Å². The predicted octanol–water partition coefficient (Wildman–Crippen LogP) is 6.24. The number of allylic oxidation sites excluding steroid dienone is 10. The first-order valence-corrected chi connectivity index (χ1v) is 8.89. The van der Waals surface area contributed by atoms with Crippen LogP contribution in [0.1, 0.15) is 18.4 Å². The van der Waals surface area contributed by atoms with Gasteiger partial charge in [-0.05, 0) is 36.1 Å². The number of benzene rings is 1. The average molecular weight is 327 g/mol. The van der Waals surface area contributed by atoms with Crippen molar-refractivity contribution in [3.05, 3.63) is 109 Å². The summed E-state index contributed by atoms with van der Waals surface area (Å²) >= 11 is 0. The van der Waals surface area contributed by atoms with Crippen LogP contribution in [0.2, 0.25) is 0 Å². The minimum Gasteiger partial charge on any atom is -0.379 e. The van der Waals surface area contributed by atoms with Crippen LogP contribution in [0.4, 0.5) is 5.69 Å². The van der Waals surface area contributed by atoms with E-state index in [0.29, 0.717) is 12.0 Å². The van der Waals surface area contributed by atoms with Gasteiger partial charge < -0.3 is 5.32 Å². The molecule has 2 aliphatic carbocycles. The fourth-order valence-electron chi connectivity index (χ4n) is 3.06. The minimum atomic E-state index is 0.365. The third-order valence-electron chi connectivity index (χ3n) is 4.45. The maximum absolute atomic E-state index is 3.66. The van der Waals surface area contributed by atoms with Crippen LogP contribution in [0, 0.1) is 5.92 Å². The Balaban J connectivity index is 1.53. The molecule has 0 bridgehead atoms. The lowest BCUT2D eigenvalue weighted by Crippen LogP contribution is -2.19. The van der Waals surface area contributed by atoms with Crippen molar-refractivity contribution in [2.75, 3.05) is 5.32 Å². The van der Waals surface area contributed by atoms with Crippen LogP contribution in [0.5, 0.6) is 0 Å². The first-order valence-electron chi connectivity index (χ1n) is 8.89. The van der Waals surface area contributed by atoms with E-state index in [2.05, 4.69) is 84.8 Å². The second-order valence-electron chi connectivity index (χ2n) is 6.31. The van der Waals surface area contributed by atoms with Gasteiger partial charge in [0.05, 0.1) is 0 Å². The molecule has 126 valence electrons. The summed E-state index contributed by atoms with van der Waals surface area (Å²) in [4.78, 5) is 0. The van der Waals surface area contributed by atoms with E-state index in [1.165, 1.54) is 11.1 Å². The molecule has 2 aliphatic rings. The summed E-state index contributed by atoms with van der Waals surface area (Å²) in [6.45, 7) is 3.66. The van der Waals surface area contributed by atoms with Crippen LogP contribution in [0.15, 0.2) is 103 Å². The molecule has 1 aromatic rings. The van der Waals surface area contributed by atoms with Crippen molar-refractivity contribution in [2.45, 2.75) is 18.9 Å². The average Bonchev–Trinajstić information content (AvgIpc) is 2.68. The Kier molecular flexibility index (Phi) is 6.06. The molecule has 0 fully saturated rings. The van der Waals surface area contributed by atoms with Gasteiger partial charge in [-0.15, -0.1) is 0 Å². The van der Waals surface area contributed by atoms with E-state index in [4.69, 9.17) is 0 Å². The maximum Gasteiger partial charge on any atom is 0.0482 e. The van der Waals surface area contributed by atoms with E-state index in [1.807, 2.05) is 18.2 Å². The Bertz CT molecular complexity index is 754. The van der Waals surface area contributed by atoms with Crippen molar-refractivity contribution < 1.29 is 0 Å². The molecule has 1 nitrogen and oxygen atoms in total. The van der Waals surface area contributed by atoms with Gasteiger partial charge in [0.15, 0.2) is 0 Å². The molecule has 1 heteroatoms. The first-order chi connectivity index (χ1) is 12.3. The van der Waals surface area contributed by atoms with Gasteiger partial charge in [-0.2, -0.15) is 0 Å². The summed E-state index contributed by atoms with van der Waals surface area (Å²) in [6, 6.07) is 8.90. The summed E-state index contributed by atoms with van der Waals surface area (Å²) in [6.07, 6.45) is 27.7. The van der Waals surface area contributed by atoms with Crippen molar-refractivity contribution >= 4 is 11.8 Å². The highest BCUT2D eigenvalue weighted by atomic mass is 14.9. The molecule has 1 N–H and O–H groups in total. The molecule has 0 amide bonds. The second kappa shape index (κ2) is 8.89. The van der Waals surface area contributed by atoms with Crippen molar-refractivity contribution in [1.82, 2.24) is 0 Å². The van der Waals surface area contributed by atoms with Gasteiger partial charge in [-0.1, -0.05) is 91.6 Å². The van der Waals surface area contributed by atoms with Crippen molar-refractivity contribution in [1.29, 1.82) is 0 Å². The smallest absolute Gasteiger partial charge is 0.0482 e. The van der Waals surface area contributed by atoms with Crippen molar-refractivity contribution in [2.24, 2.45) is 5.92 Å². The normalized spacial score (nSPS) is 22.5. The molecule has 0 radical (unpaired) electrons. The van der Waals surface area contributed by atoms with Crippen molar-refractivity contribution in [3.63, 3.8) is 0 Å². The number of rotatable bonds is 6.